The van der Waals surface area contributed by atoms with Gasteiger partial charge in [-0.15, -0.1) is 0 Å². The van der Waals surface area contributed by atoms with E-state index in [2.05, 4.69) is 4.74 Å². The van der Waals surface area contributed by atoms with Gasteiger partial charge < -0.3 is 9.64 Å². The van der Waals surface area contributed by atoms with Crippen LogP contribution in [0.3, 0.4) is 0 Å². The fourth-order valence-corrected chi connectivity index (χ4v) is 3.38. The van der Waals surface area contributed by atoms with Crippen LogP contribution in [0.25, 0.3) is 0 Å². The summed E-state index contributed by atoms with van der Waals surface area (Å²) in [5.41, 5.74) is 2.04. The highest BCUT2D eigenvalue weighted by Crippen LogP contribution is 2.27. The summed E-state index contributed by atoms with van der Waals surface area (Å²) in [7, 11) is 1.33. The van der Waals surface area contributed by atoms with Crippen molar-refractivity contribution in [3.8, 4) is 0 Å². The SMILES string of the molecule is COC(=O)c1ccc(C(=O)N2CCCC[C@@H](c3ccc(F)cc3)C2)cc1. The zero-order valence-electron chi connectivity index (χ0n) is 14.8. The van der Waals surface area contributed by atoms with E-state index in [0.29, 0.717) is 24.2 Å². The van der Waals surface area contributed by atoms with Crippen LogP contribution in [0, 0.1) is 5.82 Å². The Labute approximate surface area is 152 Å². The van der Waals surface area contributed by atoms with Gasteiger partial charge in [-0.3, -0.25) is 4.79 Å². The highest BCUT2D eigenvalue weighted by molar-refractivity contribution is 5.96. The van der Waals surface area contributed by atoms with Gasteiger partial charge in [-0.1, -0.05) is 18.6 Å². The number of ether oxygens (including phenoxy) is 1. The molecule has 1 amide bonds. The lowest BCUT2D eigenvalue weighted by Gasteiger charge is -2.25. The number of nitrogens with zero attached hydrogens (tertiary/aromatic N) is 1. The molecule has 0 N–H and O–H groups in total. The van der Waals surface area contributed by atoms with Crippen molar-refractivity contribution in [2.75, 3.05) is 20.2 Å². The van der Waals surface area contributed by atoms with E-state index in [1.807, 2.05) is 4.90 Å². The minimum Gasteiger partial charge on any atom is -0.465 e. The van der Waals surface area contributed by atoms with Crippen molar-refractivity contribution in [3.05, 3.63) is 71.0 Å². The van der Waals surface area contributed by atoms with Gasteiger partial charge in [0.25, 0.3) is 5.91 Å². The molecule has 5 heteroatoms. The van der Waals surface area contributed by atoms with E-state index < -0.39 is 5.97 Å². The first kappa shape index (κ1) is 18.1. The van der Waals surface area contributed by atoms with Gasteiger partial charge in [-0.05, 0) is 54.8 Å². The minimum atomic E-state index is -0.421. The lowest BCUT2D eigenvalue weighted by Crippen LogP contribution is -2.34. The van der Waals surface area contributed by atoms with E-state index in [9.17, 15) is 14.0 Å². The van der Waals surface area contributed by atoms with Crippen LogP contribution in [0.2, 0.25) is 0 Å². The number of carbonyl (C=O) groups is 2. The summed E-state index contributed by atoms with van der Waals surface area (Å²) in [5, 5.41) is 0. The van der Waals surface area contributed by atoms with Crippen molar-refractivity contribution >= 4 is 11.9 Å². The second kappa shape index (κ2) is 8.13. The second-order valence-corrected chi connectivity index (χ2v) is 6.56. The molecule has 0 spiro atoms. The number of esters is 1. The maximum atomic E-state index is 13.2. The predicted molar refractivity (Wildman–Crippen MR) is 96.7 cm³/mol. The van der Waals surface area contributed by atoms with E-state index in [1.54, 1.807) is 36.4 Å². The van der Waals surface area contributed by atoms with Gasteiger partial charge in [-0.2, -0.15) is 0 Å². The van der Waals surface area contributed by atoms with Crippen molar-refractivity contribution in [1.29, 1.82) is 0 Å². The largest absolute Gasteiger partial charge is 0.465 e. The molecule has 3 rings (SSSR count). The average molecular weight is 355 g/mol. The Bertz CT molecular complexity index is 771. The summed E-state index contributed by atoms with van der Waals surface area (Å²) in [4.78, 5) is 26.3. The molecule has 1 aliphatic rings. The molecule has 0 saturated carbocycles. The lowest BCUT2D eigenvalue weighted by molar-refractivity contribution is 0.0599. The zero-order valence-corrected chi connectivity index (χ0v) is 14.8. The topological polar surface area (TPSA) is 46.6 Å². The van der Waals surface area contributed by atoms with Crippen LogP contribution in [-0.2, 0) is 4.74 Å². The molecule has 1 fully saturated rings. The summed E-state index contributed by atoms with van der Waals surface area (Å²) < 4.78 is 17.9. The molecule has 1 atom stereocenters. The number of amides is 1. The minimum absolute atomic E-state index is 0.0459. The van der Waals surface area contributed by atoms with Gasteiger partial charge in [-0.25, -0.2) is 9.18 Å². The predicted octanol–water partition coefficient (Wildman–Crippen LogP) is 4.02. The third-order valence-electron chi connectivity index (χ3n) is 4.85. The maximum Gasteiger partial charge on any atom is 0.337 e. The average Bonchev–Trinajstić information content (AvgIpc) is 2.94. The Morgan fingerprint density at radius 1 is 1.00 bits per heavy atom. The summed E-state index contributed by atoms with van der Waals surface area (Å²) in [6.45, 7) is 1.32. The Kier molecular flexibility index (Phi) is 5.66. The monoisotopic (exact) mass is 355 g/mol. The van der Waals surface area contributed by atoms with Crippen LogP contribution in [0.4, 0.5) is 4.39 Å². The molecule has 1 heterocycles. The molecule has 0 radical (unpaired) electrons. The van der Waals surface area contributed by atoms with E-state index in [0.717, 1.165) is 24.8 Å². The number of carbonyl (C=O) groups excluding carboxylic acids is 2. The van der Waals surface area contributed by atoms with E-state index in [-0.39, 0.29) is 17.6 Å². The van der Waals surface area contributed by atoms with Crippen LogP contribution >= 0.6 is 0 Å². The number of benzene rings is 2. The van der Waals surface area contributed by atoms with Gasteiger partial charge >= 0.3 is 5.97 Å². The molecule has 0 aliphatic carbocycles. The van der Waals surface area contributed by atoms with Crippen LogP contribution in [0.5, 0.6) is 0 Å². The Morgan fingerprint density at radius 3 is 2.31 bits per heavy atom. The molecule has 136 valence electrons. The molecule has 0 aromatic heterocycles. The number of rotatable bonds is 3. The Hall–Kier alpha value is -2.69. The molecule has 2 aromatic carbocycles. The van der Waals surface area contributed by atoms with Gasteiger partial charge in [0.05, 0.1) is 12.7 Å². The van der Waals surface area contributed by atoms with Gasteiger partial charge in [0.1, 0.15) is 5.82 Å². The molecule has 26 heavy (non-hydrogen) atoms. The highest BCUT2D eigenvalue weighted by Gasteiger charge is 2.24. The normalized spacial score (nSPS) is 17.5. The first-order valence-corrected chi connectivity index (χ1v) is 8.81. The standard InChI is InChI=1S/C21H22FNO3/c1-26-21(25)17-7-5-16(6-8-17)20(24)23-13-3-2-4-18(14-23)15-9-11-19(22)12-10-15/h5-12,18H,2-4,13-14H2,1H3/t18-/m1/s1. The number of hydrogen-bond donors (Lipinski definition) is 0. The first-order valence-electron chi connectivity index (χ1n) is 8.81. The van der Waals surface area contributed by atoms with Crippen molar-refractivity contribution in [3.63, 3.8) is 0 Å². The zero-order chi connectivity index (χ0) is 18.5. The highest BCUT2D eigenvalue weighted by atomic mass is 19.1. The molecule has 0 bridgehead atoms. The van der Waals surface area contributed by atoms with Crippen LogP contribution in [0.1, 0.15) is 51.5 Å². The quantitative estimate of drug-likeness (QED) is 0.781. The van der Waals surface area contributed by atoms with Crippen LogP contribution in [0.15, 0.2) is 48.5 Å². The smallest absolute Gasteiger partial charge is 0.337 e. The Morgan fingerprint density at radius 2 is 1.65 bits per heavy atom. The lowest BCUT2D eigenvalue weighted by atomic mass is 9.94. The molecule has 1 aliphatic heterocycles. The number of hydrogen-bond acceptors (Lipinski definition) is 3. The maximum absolute atomic E-state index is 13.2. The van der Waals surface area contributed by atoms with Crippen molar-refractivity contribution in [1.82, 2.24) is 4.90 Å². The summed E-state index contributed by atoms with van der Waals surface area (Å²) >= 11 is 0. The number of methoxy groups -OCH3 is 1. The molecule has 1 saturated heterocycles. The fourth-order valence-electron chi connectivity index (χ4n) is 3.38. The molecule has 4 nitrogen and oxygen atoms in total. The van der Waals surface area contributed by atoms with Gasteiger partial charge in [0, 0.05) is 24.6 Å². The number of halogens is 1. The van der Waals surface area contributed by atoms with E-state index in [4.69, 9.17) is 0 Å². The fraction of sp³-hybridized carbons (Fsp3) is 0.333. The van der Waals surface area contributed by atoms with Gasteiger partial charge in [0.15, 0.2) is 0 Å². The van der Waals surface area contributed by atoms with E-state index >= 15 is 0 Å². The molecular formula is C21H22FNO3. The van der Waals surface area contributed by atoms with Crippen molar-refractivity contribution < 1.29 is 18.7 Å². The van der Waals surface area contributed by atoms with Crippen LogP contribution in [-0.4, -0.2) is 37.0 Å². The second-order valence-electron chi connectivity index (χ2n) is 6.56. The summed E-state index contributed by atoms with van der Waals surface area (Å²) in [6, 6.07) is 13.1. The molecule has 0 unspecified atom stereocenters. The van der Waals surface area contributed by atoms with Crippen molar-refractivity contribution in [2.45, 2.75) is 25.2 Å². The van der Waals surface area contributed by atoms with E-state index in [1.165, 1.54) is 19.2 Å². The van der Waals surface area contributed by atoms with Crippen molar-refractivity contribution in [2.24, 2.45) is 0 Å². The van der Waals surface area contributed by atoms with Gasteiger partial charge in [0.2, 0.25) is 0 Å². The van der Waals surface area contributed by atoms with Crippen LogP contribution < -0.4 is 0 Å². The molecular weight excluding hydrogens is 333 g/mol. The Balaban J connectivity index is 1.75. The third kappa shape index (κ3) is 4.10. The first-order chi connectivity index (χ1) is 12.6. The third-order valence-corrected chi connectivity index (χ3v) is 4.85. The summed E-state index contributed by atoms with van der Waals surface area (Å²) in [5.74, 6) is -0.511. The number of likely N-dealkylation sites (tertiary alicyclic amines) is 1. The summed E-state index contributed by atoms with van der Waals surface area (Å²) in [6.07, 6.45) is 2.97. The molecule has 2 aromatic rings.